The van der Waals surface area contributed by atoms with Crippen LogP contribution in [-0.2, 0) is 4.74 Å². The zero-order chi connectivity index (χ0) is 13.2. The van der Waals surface area contributed by atoms with Crippen molar-refractivity contribution >= 4 is 0 Å². The maximum absolute atomic E-state index is 11.1. The van der Waals surface area contributed by atoms with Gasteiger partial charge in [0, 0.05) is 19.1 Å². The van der Waals surface area contributed by atoms with E-state index in [0.717, 1.165) is 44.4 Å². The molecule has 0 amide bonds. The molecule has 3 nitrogen and oxygen atoms in total. The fourth-order valence-electron chi connectivity index (χ4n) is 4.22. The zero-order valence-corrected chi connectivity index (χ0v) is 12.0. The Balaban J connectivity index is 2.08. The quantitative estimate of drug-likeness (QED) is 0.811. The molecule has 0 aromatic rings. The maximum Gasteiger partial charge on any atom is 0.0717 e. The van der Waals surface area contributed by atoms with E-state index in [2.05, 4.69) is 6.92 Å². The molecule has 0 aromatic carbocycles. The predicted octanol–water partition coefficient (Wildman–Crippen LogP) is 2.46. The van der Waals surface area contributed by atoms with Crippen molar-refractivity contribution in [2.24, 2.45) is 17.1 Å². The SMILES string of the molecule is CCC1CCC(CN)(C2(O)CCC(OC)CC2)C1. The normalized spacial score (nSPS) is 45.3. The highest BCUT2D eigenvalue weighted by Gasteiger charge is 2.53. The van der Waals surface area contributed by atoms with Crippen LogP contribution in [0.1, 0.15) is 58.3 Å². The van der Waals surface area contributed by atoms with Gasteiger partial charge in [-0.15, -0.1) is 0 Å². The van der Waals surface area contributed by atoms with E-state index in [-0.39, 0.29) is 5.41 Å². The largest absolute Gasteiger partial charge is 0.389 e. The first-order chi connectivity index (χ1) is 8.59. The third kappa shape index (κ3) is 2.33. The molecule has 0 aliphatic heterocycles. The number of hydrogen-bond acceptors (Lipinski definition) is 3. The summed E-state index contributed by atoms with van der Waals surface area (Å²) >= 11 is 0. The summed E-state index contributed by atoms with van der Waals surface area (Å²) in [5.74, 6) is 0.762. The Kier molecular flexibility index (Phi) is 4.35. The lowest BCUT2D eigenvalue weighted by atomic mass is 9.63. The molecule has 2 unspecified atom stereocenters. The van der Waals surface area contributed by atoms with Crippen LogP contribution in [0.25, 0.3) is 0 Å². The minimum absolute atomic E-state index is 0.0214. The van der Waals surface area contributed by atoms with Crippen molar-refractivity contribution in [3.05, 3.63) is 0 Å². The summed E-state index contributed by atoms with van der Waals surface area (Å²) in [6, 6.07) is 0. The van der Waals surface area contributed by atoms with Gasteiger partial charge < -0.3 is 15.6 Å². The molecule has 2 fully saturated rings. The fourth-order valence-corrected chi connectivity index (χ4v) is 4.22. The Morgan fingerprint density at radius 2 is 1.89 bits per heavy atom. The van der Waals surface area contributed by atoms with Gasteiger partial charge in [-0.05, 0) is 50.9 Å². The molecule has 0 bridgehead atoms. The lowest BCUT2D eigenvalue weighted by Crippen LogP contribution is -2.53. The van der Waals surface area contributed by atoms with Crippen LogP contribution in [0.5, 0.6) is 0 Å². The van der Waals surface area contributed by atoms with Crippen LogP contribution in [0.2, 0.25) is 0 Å². The molecule has 0 spiro atoms. The van der Waals surface area contributed by atoms with Crippen molar-refractivity contribution in [2.45, 2.75) is 70.0 Å². The highest BCUT2D eigenvalue weighted by Crippen LogP contribution is 2.54. The average Bonchev–Trinajstić information content (AvgIpc) is 2.85. The number of hydrogen-bond donors (Lipinski definition) is 2. The fraction of sp³-hybridized carbons (Fsp3) is 1.00. The minimum Gasteiger partial charge on any atom is -0.389 e. The van der Waals surface area contributed by atoms with E-state index in [1.54, 1.807) is 7.11 Å². The van der Waals surface area contributed by atoms with Crippen LogP contribution in [0, 0.1) is 11.3 Å². The minimum atomic E-state index is -0.541. The van der Waals surface area contributed by atoms with E-state index in [1.807, 2.05) is 0 Å². The Bertz CT molecular complexity index is 274. The van der Waals surface area contributed by atoms with E-state index in [0.29, 0.717) is 12.6 Å². The highest BCUT2D eigenvalue weighted by molar-refractivity contribution is 5.05. The molecule has 2 aliphatic carbocycles. The second-order valence-electron chi connectivity index (χ2n) is 6.47. The first-order valence-corrected chi connectivity index (χ1v) is 7.54. The molecular formula is C15H29NO2. The lowest BCUT2D eigenvalue weighted by molar-refractivity contribution is -0.125. The van der Waals surface area contributed by atoms with Crippen LogP contribution >= 0.6 is 0 Å². The summed E-state index contributed by atoms with van der Waals surface area (Å²) in [5.41, 5.74) is 5.52. The molecule has 3 N–H and O–H groups in total. The smallest absolute Gasteiger partial charge is 0.0717 e. The second kappa shape index (κ2) is 5.48. The van der Waals surface area contributed by atoms with Crippen molar-refractivity contribution < 1.29 is 9.84 Å². The summed E-state index contributed by atoms with van der Waals surface area (Å²) < 4.78 is 5.41. The van der Waals surface area contributed by atoms with Gasteiger partial charge in [-0.2, -0.15) is 0 Å². The Labute approximate surface area is 111 Å². The Morgan fingerprint density at radius 3 is 2.33 bits per heavy atom. The predicted molar refractivity (Wildman–Crippen MR) is 73.3 cm³/mol. The summed E-state index contributed by atoms with van der Waals surface area (Å²) in [6.45, 7) is 2.89. The third-order valence-corrected chi connectivity index (χ3v) is 5.76. The van der Waals surface area contributed by atoms with E-state index in [1.165, 1.54) is 12.8 Å². The topological polar surface area (TPSA) is 55.5 Å². The first-order valence-electron chi connectivity index (χ1n) is 7.54. The lowest BCUT2D eigenvalue weighted by Gasteiger charge is -2.48. The molecular weight excluding hydrogens is 226 g/mol. The molecule has 2 saturated carbocycles. The standard InChI is InChI=1S/C15H29NO2/c1-3-12-4-7-14(10-12,11-16)15(17)8-5-13(18-2)6-9-15/h12-13,17H,3-11,16H2,1-2H3. The number of nitrogens with two attached hydrogens (primary N) is 1. The zero-order valence-electron chi connectivity index (χ0n) is 12.0. The number of rotatable bonds is 4. The molecule has 0 heterocycles. The van der Waals surface area contributed by atoms with E-state index >= 15 is 0 Å². The molecule has 2 aliphatic rings. The van der Waals surface area contributed by atoms with Crippen LogP contribution in [0.3, 0.4) is 0 Å². The molecule has 2 atom stereocenters. The molecule has 106 valence electrons. The van der Waals surface area contributed by atoms with Gasteiger partial charge in [-0.3, -0.25) is 0 Å². The van der Waals surface area contributed by atoms with Crippen molar-refractivity contribution in [3.63, 3.8) is 0 Å². The number of ether oxygens (including phenoxy) is 1. The molecule has 3 heteroatoms. The van der Waals surface area contributed by atoms with Crippen LogP contribution < -0.4 is 5.73 Å². The molecule has 0 aromatic heterocycles. The summed E-state index contributed by atoms with van der Waals surface area (Å²) in [4.78, 5) is 0. The van der Waals surface area contributed by atoms with Crippen molar-refractivity contribution in [3.8, 4) is 0 Å². The summed E-state index contributed by atoms with van der Waals surface area (Å²) in [5, 5.41) is 11.1. The maximum atomic E-state index is 11.1. The monoisotopic (exact) mass is 255 g/mol. The van der Waals surface area contributed by atoms with Crippen LogP contribution in [-0.4, -0.2) is 30.5 Å². The van der Waals surface area contributed by atoms with Gasteiger partial charge in [-0.1, -0.05) is 13.3 Å². The molecule has 18 heavy (non-hydrogen) atoms. The molecule has 2 rings (SSSR count). The average molecular weight is 255 g/mol. The Morgan fingerprint density at radius 1 is 1.22 bits per heavy atom. The van der Waals surface area contributed by atoms with Gasteiger partial charge in [0.1, 0.15) is 0 Å². The van der Waals surface area contributed by atoms with Gasteiger partial charge in [0.15, 0.2) is 0 Å². The number of aliphatic hydroxyl groups is 1. The van der Waals surface area contributed by atoms with E-state index in [9.17, 15) is 5.11 Å². The molecule has 0 saturated heterocycles. The third-order valence-electron chi connectivity index (χ3n) is 5.76. The Hall–Kier alpha value is -0.120. The van der Waals surface area contributed by atoms with Crippen molar-refractivity contribution in [2.75, 3.05) is 13.7 Å². The van der Waals surface area contributed by atoms with E-state index < -0.39 is 5.60 Å². The molecule has 0 radical (unpaired) electrons. The van der Waals surface area contributed by atoms with Gasteiger partial charge in [0.05, 0.1) is 11.7 Å². The van der Waals surface area contributed by atoms with Gasteiger partial charge in [0.25, 0.3) is 0 Å². The van der Waals surface area contributed by atoms with Crippen molar-refractivity contribution in [1.82, 2.24) is 0 Å². The second-order valence-corrected chi connectivity index (χ2v) is 6.47. The van der Waals surface area contributed by atoms with E-state index in [4.69, 9.17) is 10.5 Å². The van der Waals surface area contributed by atoms with Crippen molar-refractivity contribution in [1.29, 1.82) is 0 Å². The number of methoxy groups -OCH3 is 1. The van der Waals surface area contributed by atoms with Gasteiger partial charge in [-0.25, -0.2) is 0 Å². The highest BCUT2D eigenvalue weighted by atomic mass is 16.5. The van der Waals surface area contributed by atoms with Crippen LogP contribution in [0.4, 0.5) is 0 Å². The van der Waals surface area contributed by atoms with Crippen LogP contribution in [0.15, 0.2) is 0 Å². The van der Waals surface area contributed by atoms with Gasteiger partial charge in [0.2, 0.25) is 0 Å². The summed E-state index contributed by atoms with van der Waals surface area (Å²) in [6.07, 6.45) is 8.70. The first kappa shape index (κ1) is 14.3. The summed E-state index contributed by atoms with van der Waals surface area (Å²) in [7, 11) is 1.77. The van der Waals surface area contributed by atoms with Gasteiger partial charge >= 0.3 is 0 Å².